The minimum Gasteiger partial charge on any atom is -0.394 e. The maximum absolute atomic E-state index is 9.64. The molecule has 2 atom stereocenters. The predicted octanol–water partition coefficient (Wildman–Crippen LogP) is -0.468. The molecule has 0 bridgehead atoms. The SMILES string of the molecule is NCc1ccccc1C(O)C(O)CO. The van der Waals surface area contributed by atoms with Crippen LogP contribution in [0.5, 0.6) is 0 Å². The van der Waals surface area contributed by atoms with Crippen LogP contribution in [0.1, 0.15) is 17.2 Å². The Balaban J connectivity index is 2.93. The predicted molar refractivity (Wildman–Crippen MR) is 52.4 cm³/mol. The molecule has 1 rings (SSSR count). The van der Waals surface area contributed by atoms with Gasteiger partial charge in [-0.3, -0.25) is 0 Å². The normalized spacial score (nSPS) is 15.1. The Hall–Kier alpha value is -0.940. The Morgan fingerprint density at radius 1 is 1.21 bits per heavy atom. The monoisotopic (exact) mass is 197 g/mol. The van der Waals surface area contributed by atoms with Gasteiger partial charge in [0.25, 0.3) is 0 Å². The Labute approximate surface area is 82.6 Å². The molecule has 0 aliphatic heterocycles. The fourth-order valence-corrected chi connectivity index (χ4v) is 1.32. The number of nitrogens with two attached hydrogens (primary N) is 1. The number of hydrogen-bond acceptors (Lipinski definition) is 4. The van der Waals surface area contributed by atoms with Gasteiger partial charge in [0.2, 0.25) is 0 Å². The number of aliphatic hydroxyl groups is 3. The average Bonchev–Trinajstić information content (AvgIpc) is 2.26. The summed E-state index contributed by atoms with van der Waals surface area (Å²) < 4.78 is 0. The van der Waals surface area contributed by atoms with E-state index in [4.69, 9.17) is 10.8 Å². The van der Waals surface area contributed by atoms with Gasteiger partial charge in [-0.15, -0.1) is 0 Å². The quantitative estimate of drug-likeness (QED) is 0.525. The lowest BCUT2D eigenvalue weighted by molar-refractivity contribution is -0.0156. The highest BCUT2D eigenvalue weighted by molar-refractivity contribution is 5.29. The second-order valence-electron chi connectivity index (χ2n) is 3.10. The first-order valence-corrected chi connectivity index (χ1v) is 4.45. The van der Waals surface area contributed by atoms with E-state index in [1.165, 1.54) is 0 Å². The number of hydrogen-bond donors (Lipinski definition) is 4. The average molecular weight is 197 g/mol. The summed E-state index contributed by atoms with van der Waals surface area (Å²) in [6.07, 6.45) is -2.25. The Morgan fingerprint density at radius 2 is 1.86 bits per heavy atom. The molecule has 4 nitrogen and oxygen atoms in total. The van der Waals surface area contributed by atoms with Gasteiger partial charge in [0.05, 0.1) is 6.61 Å². The molecule has 0 fully saturated rings. The molecule has 0 amide bonds. The Kier molecular flexibility index (Phi) is 4.03. The molecule has 0 spiro atoms. The van der Waals surface area contributed by atoms with Crippen molar-refractivity contribution in [2.24, 2.45) is 5.73 Å². The molecule has 14 heavy (non-hydrogen) atoms. The highest BCUT2D eigenvalue weighted by atomic mass is 16.4. The maximum Gasteiger partial charge on any atom is 0.107 e. The van der Waals surface area contributed by atoms with E-state index in [0.29, 0.717) is 12.1 Å². The molecule has 2 unspecified atom stereocenters. The van der Waals surface area contributed by atoms with Crippen LogP contribution in [0.3, 0.4) is 0 Å². The van der Waals surface area contributed by atoms with Crippen molar-refractivity contribution < 1.29 is 15.3 Å². The van der Waals surface area contributed by atoms with E-state index in [1.54, 1.807) is 18.2 Å². The topological polar surface area (TPSA) is 86.7 Å². The van der Waals surface area contributed by atoms with Crippen molar-refractivity contribution >= 4 is 0 Å². The molecular weight excluding hydrogens is 182 g/mol. The van der Waals surface area contributed by atoms with Gasteiger partial charge in [-0.25, -0.2) is 0 Å². The molecule has 0 saturated carbocycles. The zero-order valence-corrected chi connectivity index (χ0v) is 7.80. The van der Waals surface area contributed by atoms with Crippen molar-refractivity contribution in [3.63, 3.8) is 0 Å². The molecule has 5 N–H and O–H groups in total. The third kappa shape index (κ3) is 2.30. The van der Waals surface area contributed by atoms with E-state index < -0.39 is 18.8 Å². The fraction of sp³-hybridized carbons (Fsp3) is 0.400. The highest BCUT2D eigenvalue weighted by Gasteiger charge is 2.19. The van der Waals surface area contributed by atoms with Crippen molar-refractivity contribution in [3.05, 3.63) is 35.4 Å². The zero-order chi connectivity index (χ0) is 10.6. The first-order chi connectivity index (χ1) is 6.70. The highest BCUT2D eigenvalue weighted by Crippen LogP contribution is 2.20. The lowest BCUT2D eigenvalue weighted by Gasteiger charge is -2.18. The van der Waals surface area contributed by atoms with Gasteiger partial charge in [-0.2, -0.15) is 0 Å². The van der Waals surface area contributed by atoms with Gasteiger partial charge < -0.3 is 21.1 Å². The summed E-state index contributed by atoms with van der Waals surface area (Å²) in [5, 5.41) is 27.6. The zero-order valence-electron chi connectivity index (χ0n) is 7.80. The summed E-state index contributed by atoms with van der Waals surface area (Å²) in [6, 6.07) is 7.03. The van der Waals surface area contributed by atoms with Gasteiger partial charge in [0.1, 0.15) is 12.2 Å². The molecular formula is C10H15NO3. The molecule has 4 heteroatoms. The first-order valence-electron chi connectivity index (χ1n) is 4.45. The molecule has 1 aromatic rings. The molecule has 78 valence electrons. The number of rotatable bonds is 4. The summed E-state index contributed by atoms with van der Waals surface area (Å²) in [7, 11) is 0. The summed E-state index contributed by atoms with van der Waals surface area (Å²) in [6.45, 7) is -0.175. The van der Waals surface area contributed by atoms with Crippen LogP contribution < -0.4 is 5.73 Å². The lowest BCUT2D eigenvalue weighted by atomic mass is 9.99. The van der Waals surface area contributed by atoms with Gasteiger partial charge in [-0.05, 0) is 11.1 Å². The van der Waals surface area contributed by atoms with Crippen molar-refractivity contribution in [2.45, 2.75) is 18.8 Å². The van der Waals surface area contributed by atoms with Crippen molar-refractivity contribution in [1.29, 1.82) is 0 Å². The molecule has 0 aliphatic rings. The van der Waals surface area contributed by atoms with Gasteiger partial charge in [0, 0.05) is 6.54 Å². The van der Waals surface area contributed by atoms with Gasteiger partial charge >= 0.3 is 0 Å². The minimum atomic E-state index is -1.16. The second kappa shape index (κ2) is 5.07. The van der Waals surface area contributed by atoms with E-state index in [-0.39, 0.29) is 0 Å². The van der Waals surface area contributed by atoms with E-state index in [1.807, 2.05) is 6.07 Å². The summed E-state index contributed by atoms with van der Waals surface area (Å²) >= 11 is 0. The fourth-order valence-electron chi connectivity index (χ4n) is 1.32. The summed E-state index contributed by atoms with van der Waals surface area (Å²) in [4.78, 5) is 0. The largest absolute Gasteiger partial charge is 0.394 e. The van der Waals surface area contributed by atoms with E-state index >= 15 is 0 Å². The van der Waals surface area contributed by atoms with Crippen LogP contribution in [0.15, 0.2) is 24.3 Å². The number of benzene rings is 1. The van der Waals surface area contributed by atoms with Crippen LogP contribution >= 0.6 is 0 Å². The van der Waals surface area contributed by atoms with Crippen LogP contribution in [-0.4, -0.2) is 28.0 Å². The van der Waals surface area contributed by atoms with Crippen molar-refractivity contribution in [3.8, 4) is 0 Å². The van der Waals surface area contributed by atoms with Crippen molar-refractivity contribution in [2.75, 3.05) is 6.61 Å². The molecule has 0 radical (unpaired) electrons. The van der Waals surface area contributed by atoms with Crippen LogP contribution in [0.2, 0.25) is 0 Å². The molecule has 0 heterocycles. The maximum atomic E-state index is 9.64. The molecule has 0 aliphatic carbocycles. The van der Waals surface area contributed by atoms with Crippen LogP contribution in [-0.2, 0) is 6.54 Å². The van der Waals surface area contributed by atoms with E-state index in [0.717, 1.165) is 5.56 Å². The Bertz CT molecular complexity index is 290. The van der Waals surface area contributed by atoms with E-state index in [9.17, 15) is 10.2 Å². The van der Waals surface area contributed by atoms with Gasteiger partial charge in [0.15, 0.2) is 0 Å². The third-order valence-corrected chi connectivity index (χ3v) is 2.15. The molecule has 0 aromatic heterocycles. The smallest absolute Gasteiger partial charge is 0.107 e. The van der Waals surface area contributed by atoms with Gasteiger partial charge in [-0.1, -0.05) is 24.3 Å². The number of aliphatic hydroxyl groups excluding tert-OH is 3. The summed E-state index contributed by atoms with van der Waals surface area (Å²) in [5.74, 6) is 0. The molecule has 1 aromatic carbocycles. The van der Waals surface area contributed by atoms with Crippen LogP contribution in [0.25, 0.3) is 0 Å². The van der Waals surface area contributed by atoms with E-state index in [2.05, 4.69) is 0 Å². The van der Waals surface area contributed by atoms with Crippen LogP contribution in [0.4, 0.5) is 0 Å². The third-order valence-electron chi connectivity index (χ3n) is 2.15. The standard InChI is InChI=1S/C10H15NO3/c11-5-7-3-1-2-4-8(7)10(14)9(13)6-12/h1-4,9-10,12-14H,5-6,11H2. The lowest BCUT2D eigenvalue weighted by Crippen LogP contribution is -2.23. The molecule has 0 saturated heterocycles. The summed E-state index contributed by atoms with van der Waals surface area (Å²) in [5.41, 5.74) is 6.81. The van der Waals surface area contributed by atoms with Crippen molar-refractivity contribution in [1.82, 2.24) is 0 Å². The Morgan fingerprint density at radius 3 is 2.43 bits per heavy atom. The first kappa shape index (κ1) is 11.1. The minimum absolute atomic E-state index is 0.297. The second-order valence-corrected chi connectivity index (χ2v) is 3.10. The van der Waals surface area contributed by atoms with Crippen LogP contribution in [0, 0.1) is 0 Å².